The molecule has 4 rings (SSSR count). The van der Waals surface area contributed by atoms with Crippen LogP contribution in [-0.2, 0) is 0 Å². The molecule has 0 spiro atoms. The summed E-state index contributed by atoms with van der Waals surface area (Å²) in [5.74, 6) is 0.670. The number of fused-ring (bicyclic) bond motifs is 1. The molecule has 0 unspecified atom stereocenters. The van der Waals surface area contributed by atoms with E-state index in [1.165, 1.54) is 6.07 Å². The van der Waals surface area contributed by atoms with E-state index >= 15 is 0 Å². The second kappa shape index (κ2) is 5.60. The van der Waals surface area contributed by atoms with Gasteiger partial charge in [-0.25, -0.2) is 9.37 Å². The second-order valence-electron chi connectivity index (χ2n) is 5.97. The van der Waals surface area contributed by atoms with E-state index in [1.807, 2.05) is 36.4 Å². The van der Waals surface area contributed by atoms with Gasteiger partial charge in [0.2, 0.25) is 0 Å². The van der Waals surface area contributed by atoms with Gasteiger partial charge in [0.15, 0.2) is 0 Å². The van der Waals surface area contributed by atoms with Gasteiger partial charge in [0.1, 0.15) is 11.6 Å². The van der Waals surface area contributed by atoms with Gasteiger partial charge in [0.05, 0.1) is 5.69 Å². The van der Waals surface area contributed by atoms with Crippen molar-refractivity contribution in [2.75, 3.05) is 0 Å². The van der Waals surface area contributed by atoms with Crippen LogP contribution < -0.4 is 0 Å². The third-order valence-electron chi connectivity index (χ3n) is 4.38. The van der Waals surface area contributed by atoms with Crippen LogP contribution in [0.4, 0.5) is 4.39 Å². The molecule has 0 N–H and O–H groups in total. The predicted molar refractivity (Wildman–Crippen MR) is 95.9 cm³/mol. The summed E-state index contributed by atoms with van der Waals surface area (Å²) in [5, 5.41) is 1.50. The van der Waals surface area contributed by atoms with Crippen LogP contribution in [0.25, 0.3) is 27.8 Å². The number of aryl methyl sites for hydroxylation is 2. The molecule has 2 nitrogen and oxygen atoms in total. The third-order valence-corrected chi connectivity index (χ3v) is 4.38. The van der Waals surface area contributed by atoms with Crippen LogP contribution in [0.1, 0.15) is 11.4 Å². The number of aromatic nitrogens is 2. The van der Waals surface area contributed by atoms with E-state index in [1.54, 1.807) is 12.1 Å². The highest BCUT2D eigenvalue weighted by molar-refractivity contribution is 5.96. The van der Waals surface area contributed by atoms with Crippen molar-refractivity contribution in [2.45, 2.75) is 13.8 Å². The summed E-state index contributed by atoms with van der Waals surface area (Å²) in [6.07, 6.45) is 0. The Kier molecular flexibility index (Phi) is 3.42. The molecule has 24 heavy (non-hydrogen) atoms. The Labute approximate surface area is 140 Å². The molecule has 4 aromatic rings. The Bertz CT molecular complexity index is 1030. The van der Waals surface area contributed by atoms with Crippen LogP contribution in [-0.4, -0.2) is 9.55 Å². The minimum absolute atomic E-state index is 0.206. The Morgan fingerprint density at radius 1 is 0.750 bits per heavy atom. The maximum atomic E-state index is 14.1. The first-order chi connectivity index (χ1) is 11.6. The smallest absolute Gasteiger partial charge is 0.137 e. The quantitative estimate of drug-likeness (QED) is 0.481. The molecule has 118 valence electrons. The number of benzene rings is 2. The van der Waals surface area contributed by atoms with E-state index in [2.05, 4.69) is 30.5 Å². The third kappa shape index (κ3) is 2.29. The van der Waals surface area contributed by atoms with Crippen LogP contribution in [0.3, 0.4) is 0 Å². The topological polar surface area (TPSA) is 17.8 Å². The van der Waals surface area contributed by atoms with Crippen molar-refractivity contribution in [3.63, 3.8) is 0 Å². The van der Waals surface area contributed by atoms with Crippen LogP contribution >= 0.6 is 0 Å². The van der Waals surface area contributed by atoms with Gasteiger partial charge in [0.25, 0.3) is 0 Å². The average molecular weight is 316 g/mol. The summed E-state index contributed by atoms with van der Waals surface area (Å²) in [6.45, 7) is 4.13. The molecular weight excluding hydrogens is 299 g/mol. The summed E-state index contributed by atoms with van der Waals surface area (Å²) >= 11 is 0. The fourth-order valence-electron chi connectivity index (χ4n) is 3.21. The van der Waals surface area contributed by atoms with E-state index in [-0.39, 0.29) is 5.82 Å². The maximum Gasteiger partial charge on any atom is 0.137 e. The number of rotatable bonds is 2. The summed E-state index contributed by atoms with van der Waals surface area (Å²) in [7, 11) is 0. The first kappa shape index (κ1) is 14.6. The van der Waals surface area contributed by atoms with E-state index in [0.717, 1.165) is 33.8 Å². The first-order valence-corrected chi connectivity index (χ1v) is 7.95. The van der Waals surface area contributed by atoms with Crippen molar-refractivity contribution >= 4 is 10.8 Å². The van der Waals surface area contributed by atoms with Gasteiger partial charge in [-0.05, 0) is 55.6 Å². The van der Waals surface area contributed by atoms with Crippen molar-refractivity contribution in [1.29, 1.82) is 0 Å². The average Bonchev–Trinajstić information content (AvgIpc) is 2.94. The molecule has 0 saturated carbocycles. The molecular formula is C21H17FN2. The highest BCUT2D eigenvalue weighted by Gasteiger charge is 2.11. The van der Waals surface area contributed by atoms with Gasteiger partial charge in [0, 0.05) is 22.3 Å². The minimum atomic E-state index is -0.206. The summed E-state index contributed by atoms with van der Waals surface area (Å²) in [5.41, 5.74) is 4.06. The molecule has 2 aromatic carbocycles. The van der Waals surface area contributed by atoms with Gasteiger partial charge in [-0.3, -0.25) is 0 Å². The number of halogens is 1. The molecule has 3 heteroatoms. The minimum Gasteiger partial charge on any atom is -0.303 e. The number of pyridine rings is 1. The van der Waals surface area contributed by atoms with Crippen molar-refractivity contribution < 1.29 is 4.39 Å². The van der Waals surface area contributed by atoms with Crippen molar-refractivity contribution in [3.05, 3.63) is 83.9 Å². The van der Waals surface area contributed by atoms with E-state index < -0.39 is 0 Å². The molecule has 2 heterocycles. The molecule has 0 aliphatic rings. The monoisotopic (exact) mass is 316 g/mol. The van der Waals surface area contributed by atoms with Crippen molar-refractivity contribution in [3.8, 4) is 17.1 Å². The molecule has 0 radical (unpaired) electrons. The van der Waals surface area contributed by atoms with Crippen LogP contribution in [0.5, 0.6) is 0 Å². The first-order valence-electron chi connectivity index (χ1n) is 7.95. The van der Waals surface area contributed by atoms with Gasteiger partial charge in [-0.1, -0.05) is 30.3 Å². The number of nitrogens with zero attached hydrogens (tertiary/aromatic N) is 2. The molecule has 0 aliphatic heterocycles. The fourth-order valence-corrected chi connectivity index (χ4v) is 3.21. The zero-order valence-corrected chi connectivity index (χ0v) is 13.6. The Balaban J connectivity index is 1.93. The molecule has 0 atom stereocenters. The SMILES string of the molecule is Cc1ccc(C)n1-c1cccc(-c2ccc(F)c3ccccc23)n1. The normalized spacial score (nSPS) is 11.1. The van der Waals surface area contributed by atoms with E-state index in [0.29, 0.717) is 5.39 Å². The second-order valence-corrected chi connectivity index (χ2v) is 5.97. The zero-order chi connectivity index (χ0) is 16.7. The molecule has 0 amide bonds. The summed E-state index contributed by atoms with van der Waals surface area (Å²) in [6, 6.07) is 21.0. The van der Waals surface area contributed by atoms with E-state index in [9.17, 15) is 4.39 Å². The largest absolute Gasteiger partial charge is 0.303 e. The van der Waals surface area contributed by atoms with Gasteiger partial charge >= 0.3 is 0 Å². The fraction of sp³-hybridized carbons (Fsp3) is 0.0952. The highest BCUT2D eigenvalue weighted by atomic mass is 19.1. The van der Waals surface area contributed by atoms with Crippen molar-refractivity contribution in [2.24, 2.45) is 0 Å². The molecule has 0 aliphatic carbocycles. The van der Waals surface area contributed by atoms with Gasteiger partial charge < -0.3 is 4.57 Å². The number of hydrogen-bond donors (Lipinski definition) is 0. The lowest BCUT2D eigenvalue weighted by atomic mass is 10.0. The molecule has 0 saturated heterocycles. The lowest BCUT2D eigenvalue weighted by Crippen LogP contribution is -2.02. The summed E-state index contributed by atoms with van der Waals surface area (Å²) in [4.78, 5) is 4.83. The van der Waals surface area contributed by atoms with E-state index in [4.69, 9.17) is 4.98 Å². The van der Waals surface area contributed by atoms with Gasteiger partial charge in [-0.15, -0.1) is 0 Å². The summed E-state index contributed by atoms with van der Waals surface area (Å²) < 4.78 is 16.2. The predicted octanol–water partition coefficient (Wildman–Crippen LogP) is 5.45. The Morgan fingerprint density at radius 3 is 2.21 bits per heavy atom. The molecule has 2 aromatic heterocycles. The maximum absolute atomic E-state index is 14.1. The van der Waals surface area contributed by atoms with Crippen LogP contribution in [0, 0.1) is 19.7 Å². The van der Waals surface area contributed by atoms with Crippen LogP contribution in [0.2, 0.25) is 0 Å². The lowest BCUT2D eigenvalue weighted by molar-refractivity contribution is 0.640. The van der Waals surface area contributed by atoms with Gasteiger partial charge in [-0.2, -0.15) is 0 Å². The number of hydrogen-bond acceptors (Lipinski definition) is 1. The van der Waals surface area contributed by atoms with Crippen LogP contribution in [0.15, 0.2) is 66.7 Å². The lowest BCUT2D eigenvalue weighted by Gasteiger charge is -2.12. The Morgan fingerprint density at radius 2 is 1.46 bits per heavy atom. The zero-order valence-electron chi connectivity index (χ0n) is 13.6. The molecule has 0 bridgehead atoms. The Hall–Kier alpha value is -2.94. The highest BCUT2D eigenvalue weighted by Crippen LogP contribution is 2.30. The van der Waals surface area contributed by atoms with Crippen molar-refractivity contribution in [1.82, 2.24) is 9.55 Å². The standard InChI is InChI=1S/C21H17FN2/c1-14-10-11-15(2)24(14)21-9-5-8-20(23-21)18-12-13-19(22)17-7-4-3-6-16(17)18/h3-13H,1-2H3. The molecule has 0 fully saturated rings.